The Morgan fingerprint density at radius 3 is 2.06 bits per heavy atom. The summed E-state index contributed by atoms with van der Waals surface area (Å²) in [4.78, 5) is 18.0. The summed E-state index contributed by atoms with van der Waals surface area (Å²) in [6.07, 6.45) is 2.35. The van der Waals surface area contributed by atoms with E-state index in [4.69, 9.17) is 0 Å². The highest BCUT2D eigenvalue weighted by molar-refractivity contribution is 5.78. The highest BCUT2D eigenvalue weighted by atomic mass is 16.2. The van der Waals surface area contributed by atoms with Crippen LogP contribution in [0.5, 0.6) is 0 Å². The fourth-order valence-corrected chi connectivity index (χ4v) is 1.75. The van der Waals surface area contributed by atoms with E-state index in [9.17, 15) is 4.79 Å². The van der Waals surface area contributed by atoms with E-state index >= 15 is 0 Å². The number of hydrogen-bond acceptors (Lipinski definition) is 3. The van der Waals surface area contributed by atoms with Crippen molar-refractivity contribution < 1.29 is 4.79 Å². The molecule has 0 bridgehead atoms. The monoisotopic (exact) mass is 243 g/mol. The molecule has 0 unspecified atom stereocenters. The minimum absolute atomic E-state index is 0.286. The zero-order valence-corrected chi connectivity index (χ0v) is 12.2. The van der Waals surface area contributed by atoms with Crippen LogP contribution in [0, 0.1) is 0 Å². The highest BCUT2D eigenvalue weighted by Crippen LogP contribution is 2.07. The van der Waals surface area contributed by atoms with E-state index in [2.05, 4.69) is 23.9 Å². The standard InChI is InChI=1S/C11H23N3O.C2H6/c1-12(2)8-9-13(3)10-11(15)14-6-4-5-7-14;1-2/h4-10H2,1-3H3;1-2H3. The summed E-state index contributed by atoms with van der Waals surface area (Å²) in [6.45, 7) is 8.44. The largest absolute Gasteiger partial charge is 0.342 e. The molecule has 4 heteroatoms. The van der Waals surface area contributed by atoms with Gasteiger partial charge in [0.1, 0.15) is 0 Å². The molecule has 4 nitrogen and oxygen atoms in total. The van der Waals surface area contributed by atoms with Crippen LogP contribution >= 0.6 is 0 Å². The summed E-state index contributed by atoms with van der Waals surface area (Å²) in [6, 6.07) is 0. The van der Waals surface area contributed by atoms with Gasteiger partial charge >= 0.3 is 0 Å². The zero-order valence-electron chi connectivity index (χ0n) is 12.2. The number of likely N-dealkylation sites (N-methyl/N-ethyl adjacent to an activating group) is 2. The molecular weight excluding hydrogens is 214 g/mol. The maximum atomic E-state index is 11.8. The Morgan fingerprint density at radius 1 is 1.06 bits per heavy atom. The number of carbonyl (C=O) groups is 1. The molecule has 0 aliphatic carbocycles. The van der Waals surface area contributed by atoms with Gasteiger partial charge in [0.2, 0.25) is 5.91 Å². The first-order chi connectivity index (χ1) is 8.09. The SMILES string of the molecule is CC.CN(C)CCN(C)CC(=O)N1CCCC1. The summed E-state index contributed by atoms with van der Waals surface area (Å²) in [7, 11) is 6.11. The average molecular weight is 243 g/mol. The van der Waals surface area contributed by atoms with Crippen molar-refractivity contribution in [3.05, 3.63) is 0 Å². The minimum atomic E-state index is 0.286. The Morgan fingerprint density at radius 2 is 1.59 bits per heavy atom. The third-order valence-corrected chi connectivity index (χ3v) is 2.79. The number of nitrogens with zero attached hydrogens (tertiary/aromatic N) is 3. The number of carbonyl (C=O) groups excluding carboxylic acids is 1. The number of likely N-dealkylation sites (tertiary alicyclic amines) is 1. The highest BCUT2D eigenvalue weighted by Gasteiger charge is 2.18. The van der Waals surface area contributed by atoms with E-state index < -0.39 is 0 Å². The number of rotatable bonds is 5. The van der Waals surface area contributed by atoms with E-state index in [0.29, 0.717) is 6.54 Å². The molecule has 0 radical (unpaired) electrons. The van der Waals surface area contributed by atoms with Gasteiger partial charge in [-0.1, -0.05) is 13.8 Å². The van der Waals surface area contributed by atoms with Crippen LogP contribution in [-0.4, -0.2) is 74.5 Å². The fourth-order valence-electron chi connectivity index (χ4n) is 1.75. The molecule has 1 rings (SSSR count). The molecule has 0 aromatic heterocycles. The summed E-state index contributed by atoms with van der Waals surface area (Å²) >= 11 is 0. The molecule has 0 aromatic rings. The lowest BCUT2D eigenvalue weighted by molar-refractivity contribution is -0.131. The first kappa shape index (κ1) is 16.4. The topological polar surface area (TPSA) is 26.8 Å². The molecular formula is C13H29N3O. The first-order valence-electron chi connectivity index (χ1n) is 6.70. The Bertz CT molecular complexity index is 201. The van der Waals surface area contributed by atoms with Gasteiger partial charge in [0, 0.05) is 26.2 Å². The smallest absolute Gasteiger partial charge is 0.236 e. The Hall–Kier alpha value is -0.610. The Kier molecular flexibility index (Phi) is 9.09. The maximum Gasteiger partial charge on any atom is 0.236 e. The molecule has 17 heavy (non-hydrogen) atoms. The fraction of sp³-hybridized carbons (Fsp3) is 0.923. The van der Waals surface area contributed by atoms with Gasteiger partial charge < -0.3 is 9.80 Å². The van der Waals surface area contributed by atoms with E-state index in [-0.39, 0.29) is 5.91 Å². The third-order valence-electron chi connectivity index (χ3n) is 2.79. The van der Waals surface area contributed by atoms with Crippen molar-refractivity contribution in [1.82, 2.24) is 14.7 Å². The number of hydrogen-bond donors (Lipinski definition) is 0. The summed E-state index contributed by atoms with van der Waals surface area (Å²) in [5, 5.41) is 0. The summed E-state index contributed by atoms with van der Waals surface area (Å²) in [5.41, 5.74) is 0. The molecule has 1 amide bonds. The lowest BCUT2D eigenvalue weighted by atomic mass is 10.4. The third kappa shape index (κ3) is 7.34. The van der Waals surface area contributed by atoms with Crippen LogP contribution in [0.15, 0.2) is 0 Å². The molecule has 1 aliphatic heterocycles. The van der Waals surface area contributed by atoms with Crippen molar-refractivity contribution >= 4 is 5.91 Å². The van der Waals surface area contributed by atoms with Crippen molar-refractivity contribution in [3.63, 3.8) is 0 Å². The summed E-state index contributed by atoms with van der Waals surface area (Å²) in [5.74, 6) is 0.286. The van der Waals surface area contributed by atoms with Gasteiger partial charge in [-0.2, -0.15) is 0 Å². The van der Waals surface area contributed by atoms with Crippen molar-refractivity contribution in [2.45, 2.75) is 26.7 Å². The second kappa shape index (κ2) is 9.42. The van der Waals surface area contributed by atoms with Crippen LogP contribution in [0.2, 0.25) is 0 Å². The normalized spacial score (nSPS) is 15.1. The van der Waals surface area contributed by atoms with E-state index in [1.165, 1.54) is 12.8 Å². The molecule has 1 fully saturated rings. The predicted molar refractivity (Wildman–Crippen MR) is 73.2 cm³/mol. The van der Waals surface area contributed by atoms with Gasteiger partial charge in [0.15, 0.2) is 0 Å². The Balaban J connectivity index is 0.00000121. The maximum absolute atomic E-state index is 11.8. The molecule has 0 N–H and O–H groups in total. The number of amides is 1. The van der Waals surface area contributed by atoms with Crippen LogP contribution in [0.3, 0.4) is 0 Å². The second-order valence-electron chi connectivity index (χ2n) is 4.63. The van der Waals surface area contributed by atoms with Gasteiger partial charge in [0.25, 0.3) is 0 Å². The minimum Gasteiger partial charge on any atom is -0.342 e. The second-order valence-corrected chi connectivity index (χ2v) is 4.63. The van der Waals surface area contributed by atoms with Gasteiger partial charge in [-0.15, -0.1) is 0 Å². The average Bonchev–Trinajstić information content (AvgIpc) is 2.82. The molecule has 1 saturated heterocycles. The summed E-state index contributed by atoms with van der Waals surface area (Å²) < 4.78 is 0. The molecule has 1 heterocycles. The lowest BCUT2D eigenvalue weighted by Gasteiger charge is -2.22. The van der Waals surface area contributed by atoms with Crippen LogP contribution in [0.4, 0.5) is 0 Å². The van der Waals surface area contributed by atoms with Gasteiger partial charge in [0.05, 0.1) is 6.54 Å². The molecule has 1 aliphatic rings. The van der Waals surface area contributed by atoms with Crippen molar-refractivity contribution in [2.24, 2.45) is 0 Å². The molecule has 102 valence electrons. The van der Waals surface area contributed by atoms with Crippen LogP contribution in [0.25, 0.3) is 0 Å². The molecule has 0 atom stereocenters. The molecule has 0 aromatic carbocycles. The van der Waals surface area contributed by atoms with E-state index in [0.717, 1.165) is 26.2 Å². The molecule has 0 spiro atoms. The lowest BCUT2D eigenvalue weighted by Crippen LogP contribution is -2.39. The van der Waals surface area contributed by atoms with Crippen molar-refractivity contribution in [3.8, 4) is 0 Å². The van der Waals surface area contributed by atoms with E-state index in [1.807, 2.05) is 25.8 Å². The van der Waals surface area contributed by atoms with Crippen molar-refractivity contribution in [2.75, 3.05) is 53.9 Å². The predicted octanol–water partition coefficient (Wildman–Crippen LogP) is 1.13. The quantitative estimate of drug-likeness (QED) is 0.724. The molecule has 0 saturated carbocycles. The van der Waals surface area contributed by atoms with Gasteiger partial charge in [-0.25, -0.2) is 0 Å². The zero-order chi connectivity index (χ0) is 13.3. The van der Waals surface area contributed by atoms with Gasteiger partial charge in [-0.3, -0.25) is 9.69 Å². The van der Waals surface area contributed by atoms with Crippen LogP contribution < -0.4 is 0 Å². The first-order valence-corrected chi connectivity index (χ1v) is 6.70. The van der Waals surface area contributed by atoms with E-state index in [1.54, 1.807) is 0 Å². The van der Waals surface area contributed by atoms with Crippen LogP contribution in [0.1, 0.15) is 26.7 Å². The van der Waals surface area contributed by atoms with Gasteiger partial charge in [-0.05, 0) is 34.0 Å². The Labute approximate surface area is 107 Å². The van der Waals surface area contributed by atoms with Crippen molar-refractivity contribution in [1.29, 1.82) is 0 Å². The van der Waals surface area contributed by atoms with Crippen LogP contribution in [-0.2, 0) is 4.79 Å².